The van der Waals surface area contributed by atoms with E-state index in [4.69, 9.17) is 5.11 Å². The van der Waals surface area contributed by atoms with Crippen molar-refractivity contribution in [1.82, 2.24) is 4.90 Å². The third-order valence-corrected chi connectivity index (χ3v) is 2.94. The smallest absolute Gasteiger partial charge is 0.326 e. The fourth-order valence-electron chi connectivity index (χ4n) is 1.63. The van der Waals surface area contributed by atoms with Crippen LogP contribution in [0.25, 0.3) is 0 Å². The molecular formula is C13H17NO3. The Kier molecular flexibility index (Phi) is 4.26. The number of carboxylic acids is 1. The summed E-state index contributed by atoms with van der Waals surface area (Å²) >= 11 is 0. The predicted molar refractivity (Wildman–Crippen MR) is 64.9 cm³/mol. The Hall–Kier alpha value is -1.84. The molecule has 0 radical (unpaired) electrons. The first-order valence-corrected chi connectivity index (χ1v) is 5.42. The molecular weight excluding hydrogens is 218 g/mol. The number of hydrogen-bond donors (Lipinski definition) is 1. The average Bonchev–Trinajstić information content (AvgIpc) is 2.29. The summed E-state index contributed by atoms with van der Waals surface area (Å²) in [7, 11) is 1.48. The van der Waals surface area contributed by atoms with Crippen molar-refractivity contribution in [3.8, 4) is 0 Å². The van der Waals surface area contributed by atoms with Crippen LogP contribution in [0, 0.1) is 13.8 Å². The van der Waals surface area contributed by atoms with Crippen molar-refractivity contribution in [2.45, 2.75) is 26.3 Å². The van der Waals surface area contributed by atoms with Crippen LogP contribution in [-0.4, -0.2) is 35.5 Å². The summed E-state index contributed by atoms with van der Waals surface area (Å²) in [5.41, 5.74) is 3.22. The largest absolute Gasteiger partial charge is 0.480 e. The summed E-state index contributed by atoms with van der Waals surface area (Å²) in [6.45, 7) is 3.99. The van der Waals surface area contributed by atoms with Crippen molar-refractivity contribution >= 4 is 12.4 Å². The molecule has 4 nitrogen and oxygen atoms in total. The zero-order valence-electron chi connectivity index (χ0n) is 10.3. The van der Waals surface area contributed by atoms with Gasteiger partial charge < -0.3 is 10.0 Å². The fourth-order valence-corrected chi connectivity index (χ4v) is 1.63. The van der Waals surface area contributed by atoms with E-state index < -0.39 is 12.0 Å². The van der Waals surface area contributed by atoms with Crippen LogP contribution in [0.1, 0.15) is 16.7 Å². The van der Waals surface area contributed by atoms with Gasteiger partial charge >= 0.3 is 5.97 Å². The highest BCUT2D eigenvalue weighted by Crippen LogP contribution is 2.13. The van der Waals surface area contributed by atoms with Crippen LogP contribution < -0.4 is 0 Å². The van der Waals surface area contributed by atoms with E-state index >= 15 is 0 Å². The molecule has 1 aromatic rings. The lowest BCUT2D eigenvalue weighted by molar-refractivity contribution is -0.145. The van der Waals surface area contributed by atoms with E-state index in [0.717, 1.165) is 11.1 Å². The van der Waals surface area contributed by atoms with E-state index in [-0.39, 0.29) is 0 Å². The summed E-state index contributed by atoms with van der Waals surface area (Å²) in [6, 6.07) is 5.01. The maximum absolute atomic E-state index is 11.1. The maximum Gasteiger partial charge on any atom is 0.326 e. The second kappa shape index (κ2) is 5.48. The van der Waals surface area contributed by atoms with Crippen molar-refractivity contribution in [1.29, 1.82) is 0 Å². The molecule has 0 fully saturated rings. The fraction of sp³-hybridized carbons (Fsp3) is 0.385. The highest BCUT2D eigenvalue weighted by molar-refractivity contribution is 5.76. The number of aliphatic carboxylic acids is 1. The molecule has 0 bridgehead atoms. The van der Waals surface area contributed by atoms with Crippen LogP contribution in [0.4, 0.5) is 0 Å². The van der Waals surface area contributed by atoms with Gasteiger partial charge in [-0.2, -0.15) is 0 Å². The number of carboxylic acid groups (broad SMARTS) is 1. The summed E-state index contributed by atoms with van der Waals surface area (Å²) < 4.78 is 0. The lowest BCUT2D eigenvalue weighted by Gasteiger charge is -2.20. The molecule has 0 saturated heterocycles. The van der Waals surface area contributed by atoms with Crippen LogP contribution in [0.5, 0.6) is 0 Å². The molecule has 0 saturated carbocycles. The van der Waals surface area contributed by atoms with Crippen molar-refractivity contribution in [3.05, 3.63) is 34.9 Å². The summed E-state index contributed by atoms with van der Waals surface area (Å²) in [6.07, 6.45) is 0.867. The van der Waals surface area contributed by atoms with Gasteiger partial charge in [-0.3, -0.25) is 4.79 Å². The van der Waals surface area contributed by atoms with E-state index in [2.05, 4.69) is 0 Å². The molecule has 0 aromatic heterocycles. The zero-order chi connectivity index (χ0) is 13.0. The Morgan fingerprint density at radius 2 is 2.06 bits per heavy atom. The molecule has 0 aliphatic heterocycles. The molecule has 1 atom stereocenters. The molecule has 1 amide bonds. The average molecular weight is 235 g/mol. The van der Waals surface area contributed by atoms with Gasteiger partial charge in [0.2, 0.25) is 6.41 Å². The predicted octanol–water partition coefficient (Wildman–Crippen LogP) is 1.39. The second-order valence-electron chi connectivity index (χ2n) is 4.25. The SMILES string of the molecule is Cc1ccc(CC(C(=O)O)N(C)C=O)cc1C. The first-order valence-electron chi connectivity index (χ1n) is 5.42. The Labute approximate surface area is 101 Å². The lowest BCUT2D eigenvalue weighted by Crippen LogP contribution is -2.39. The quantitative estimate of drug-likeness (QED) is 0.784. The van der Waals surface area contributed by atoms with Crippen LogP contribution in [-0.2, 0) is 16.0 Å². The molecule has 0 aliphatic carbocycles. The Bertz CT molecular complexity index is 429. The van der Waals surface area contributed by atoms with E-state index in [1.54, 1.807) is 0 Å². The second-order valence-corrected chi connectivity index (χ2v) is 4.25. The van der Waals surface area contributed by atoms with Gasteiger partial charge in [0.25, 0.3) is 0 Å². The minimum Gasteiger partial charge on any atom is -0.480 e. The van der Waals surface area contributed by atoms with Crippen molar-refractivity contribution in [2.24, 2.45) is 0 Å². The number of hydrogen-bond acceptors (Lipinski definition) is 2. The highest BCUT2D eigenvalue weighted by atomic mass is 16.4. The van der Waals surface area contributed by atoms with Gasteiger partial charge in [-0.05, 0) is 30.5 Å². The van der Waals surface area contributed by atoms with Crippen LogP contribution in [0.15, 0.2) is 18.2 Å². The first-order chi connectivity index (χ1) is 7.95. The molecule has 0 aliphatic rings. The number of benzene rings is 1. The van der Waals surface area contributed by atoms with E-state index in [9.17, 15) is 9.59 Å². The molecule has 0 heterocycles. The highest BCUT2D eigenvalue weighted by Gasteiger charge is 2.21. The summed E-state index contributed by atoms with van der Waals surface area (Å²) in [5, 5.41) is 9.06. The zero-order valence-corrected chi connectivity index (χ0v) is 10.3. The molecule has 17 heavy (non-hydrogen) atoms. The van der Waals surface area contributed by atoms with Crippen molar-refractivity contribution in [2.75, 3.05) is 7.05 Å². The van der Waals surface area contributed by atoms with Gasteiger partial charge in [0.15, 0.2) is 0 Å². The van der Waals surface area contributed by atoms with Crippen molar-refractivity contribution < 1.29 is 14.7 Å². The normalized spacial score (nSPS) is 11.9. The molecule has 92 valence electrons. The molecule has 0 spiro atoms. The number of likely N-dealkylation sites (N-methyl/N-ethyl adjacent to an activating group) is 1. The Morgan fingerprint density at radius 1 is 1.41 bits per heavy atom. The van der Waals surface area contributed by atoms with Gasteiger partial charge in [0.1, 0.15) is 6.04 Å². The minimum atomic E-state index is -0.988. The van der Waals surface area contributed by atoms with Gasteiger partial charge in [-0.15, -0.1) is 0 Å². The molecule has 1 aromatic carbocycles. The van der Waals surface area contributed by atoms with Crippen LogP contribution in [0.3, 0.4) is 0 Å². The number of carbonyl (C=O) groups excluding carboxylic acids is 1. The summed E-state index contributed by atoms with van der Waals surface area (Å²) in [5.74, 6) is -0.988. The van der Waals surface area contributed by atoms with Crippen LogP contribution >= 0.6 is 0 Å². The number of amides is 1. The Balaban J connectivity index is 2.89. The number of nitrogens with zero attached hydrogens (tertiary/aromatic N) is 1. The third-order valence-electron chi connectivity index (χ3n) is 2.94. The molecule has 1 rings (SSSR count). The van der Waals surface area contributed by atoms with Gasteiger partial charge in [-0.25, -0.2) is 4.79 Å². The maximum atomic E-state index is 11.1. The van der Waals surface area contributed by atoms with E-state index in [1.807, 2.05) is 32.0 Å². The van der Waals surface area contributed by atoms with E-state index in [0.29, 0.717) is 12.8 Å². The molecule has 4 heteroatoms. The molecule has 1 unspecified atom stereocenters. The van der Waals surface area contributed by atoms with Gasteiger partial charge in [0, 0.05) is 13.5 Å². The van der Waals surface area contributed by atoms with Gasteiger partial charge in [-0.1, -0.05) is 18.2 Å². The number of aryl methyl sites for hydroxylation is 2. The van der Waals surface area contributed by atoms with Crippen molar-refractivity contribution in [3.63, 3.8) is 0 Å². The first kappa shape index (κ1) is 13.2. The Morgan fingerprint density at radius 3 is 2.53 bits per heavy atom. The third kappa shape index (κ3) is 3.31. The minimum absolute atomic E-state index is 0.325. The van der Waals surface area contributed by atoms with Crippen LogP contribution in [0.2, 0.25) is 0 Å². The van der Waals surface area contributed by atoms with Gasteiger partial charge in [0.05, 0.1) is 0 Å². The monoisotopic (exact) mass is 235 g/mol. The number of carbonyl (C=O) groups is 2. The lowest BCUT2D eigenvalue weighted by atomic mass is 10.0. The van der Waals surface area contributed by atoms with E-state index in [1.165, 1.54) is 17.5 Å². The summed E-state index contributed by atoms with van der Waals surface area (Å²) in [4.78, 5) is 22.9. The number of rotatable bonds is 5. The standard InChI is InChI=1S/C13H17NO3/c1-9-4-5-11(6-10(9)2)7-12(13(16)17)14(3)8-15/h4-6,8,12H,7H2,1-3H3,(H,16,17). The topological polar surface area (TPSA) is 57.6 Å². The molecule has 1 N–H and O–H groups in total.